The average molecular weight is 253 g/mol. The van der Waals surface area contributed by atoms with E-state index in [2.05, 4.69) is 45.6 Å². The van der Waals surface area contributed by atoms with Crippen LogP contribution in [0.15, 0.2) is 48.8 Å². The van der Waals surface area contributed by atoms with Gasteiger partial charge in [0.2, 0.25) is 0 Å². The first-order chi connectivity index (χ1) is 9.42. The van der Waals surface area contributed by atoms with Crippen LogP contribution in [0.4, 0.5) is 0 Å². The molecule has 1 aromatic heterocycles. The highest BCUT2D eigenvalue weighted by atomic mass is 14.9. The lowest BCUT2D eigenvalue weighted by Gasteiger charge is -2.29. The Morgan fingerprint density at radius 2 is 1.84 bits per heavy atom. The highest BCUT2D eigenvalue weighted by Crippen LogP contribution is 2.26. The van der Waals surface area contributed by atoms with Crippen LogP contribution in [-0.2, 0) is 6.42 Å². The maximum absolute atomic E-state index is 4.41. The van der Waals surface area contributed by atoms with Crippen molar-refractivity contribution in [3.05, 3.63) is 60.2 Å². The fraction of sp³-hybridized carbons (Fsp3) is 0.375. The molecule has 98 valence electrons. The Balaban J connectivity index is 1.65. The molecule has 19 heavy (non-hydrogen) atoms. The van der Waals surface area contributed by atoms with E-state index < -0.39 is 0 Å². The van der Waals surface area contributed by atoms with Gasteiger partial charge in [0.25, 0.3) is 0 Å². The van der Waals surface area contributed by atoms with Crippen molar-refractivity contribution in [2.75, 3.05) is 6.54 Å². The number of hydrogen-bond donors (Lipinski definition) is 1. The van der Waals surface area contributed by atoms with E-state index in [1.807, 2.05) is 18.5 Å². The summed E-state index contributed by atoms with van der Waals surface area (Å²) < 4.78 is 0. The molecular weight excluding hydrogens is 234 g/mol. The lowest BCUT2D eigenvalue weighted by atomic mass is 9.88. The minimum atomic E-state index is 0.496. The Hall–Kier alpha value is -1.74. The maximum atomic E-state index is 4.41. The molecule has 2 unspecified atom stereocenters. The smallest absolute Gasteiger partial charge is 0.131 e. The Morgan fingerprint density at radius 3 is 2.63 bits per heavy atom. The Kier molecular flexibility index (Phi) is 3.84. The molecule has 0 radical (unpaired) electrons. The fourth-order valence-electron chi connectivity index (χ4n) is 2.82. The molecule has 3 rings (SSSR count). The number of nitrogens with zero attached hydrogens (tertiary/aromatic N) is 2. The summed E-state index contributed by atoms with van der Waals surface area (Å²) in [5, 5.41) is 3.61. The normalized spacial score (nSPS) is 23.2. The molecule has 1 saturated heterocycles. The number of benzene rings is 1. The minimum absolute atomic E-state index is 0.496. The molecule has 3 heteroatoms. The van der Waals surface area contributed by atoms with Crippen molar-refractivity contribution in [1.82, 2.24) is 15.3 Å². The quantitative estimate of drug-likeness (QED) is 0.913. The third kappa shape index (κ3) is 3.18. The summed E-state index contributed by atoms with van der Waals surface area (Å²) in [7, 11) is 0. The first-order valence-electron chi connectivity index (χ1n) is 6.96. The van der Waals surface area contributed by atoms with Crippen LogP contribution in [-0.4, -0.2) is 22.6 Å². The van der Waals surface area contributed by atoms with Gasteiger partial charge >= 0.3 is 0 Å². The molecule has 1 aliphatic heterocycles. The first kappa shape index (κ1) is 12.3. The Labute approximate surface area is 114 Å². The lowest BCUT2D eigenvalue weighted by molar-refractivity contribution is 0.351. The number of rotatable bonds is 3. The largest absolute Gasteiger partial charge is 0.314 e. The number of piperidine rings is 1. The van der Waals surface area contributed by atoms with Crippen LogP contribution in [0.5, 0.6) is 0 Å². The van der Waals surface area contributed by atoms with Crippen molar-refractivity contribution in [2.24, 2.45) is 0 Å². The summed E-state index contributed by atoms with van der Waals surface area (Å²) in [6.45, 7) is 1.06. The third-order valence-electron chi connectivity index (χ3n) is 3.77. The van der Waals surface area contributed by atoms with Gasteiger partial charge in [-0.05, 0) is 37.4 Å². The molecule has 0 aliphatic carbocycles. The molecule has 2 heterocycles. The number of hydrogen-bond acceptors (Lipinski definition) is 3. The van der Waals surface area contributed by atoms with Crippen LogP contribution < -0.4 is 5.32 Å². The SMILES string of the molecule is c1ccc(CC2CC(c3ncccn3)CCN2)cc1. The van der Waals surface area contributed by atoms with Gasteiger partial charge in [-0.15, -0.1) is 0 Å². The van der Waals surface area contributed by atoms with Crippen molar-refractivity contribution < 1.29 is 0 Å². The molecule has 1 aliphatic rings. The van der Waals surface area contributed by atoms with Crippen molar-refractivity contribution in [1.29, 1.82) is 0 Å². The van der Waals surface area contributed by atoms with Crippen LogP contribution in [0.3, 0.4) is 0 Å². The van der Waals surface area contributed by atoms with Gasteiger partial charge in [-0.1, -0.05) is 30.3 Å². The summed E-state index contributed by atoms with van der Waals surface area (Å²) in [5.41, 5.74) is 1.40. The van der Waals surface area contributed by atoms with Crippen molar-refractivity contribution in [3.63, 3.8) is 0 Å². The van der Waals surface area contributed by atoms with E-state index in [9.17, 15) is 0 Å². The standard InChI is InChI=1S/C16H19N3/c1-2-5-13(6-3-1)11-15-12-14(7-10-17-15)16-18-8-4-9-19-16/h1-6,8-9,14-15,17H,7,10-12H2. The summed E-state index contributed by atoms with van der Waals surface area (Å²) in [6.07, 6.45) is 7.03. The summed E-state index contributed by atoms with van der Waals surface area (Å²) >= 11 is 0. The zero-order chi connectivity index (χ0) is 12.9. The van der Waals surface area contributed by atoms with E-state index in [1.165, 1.54) is 5.56 Å². The maximum Gasteiger partial charge on any atom is 0.131 e. The molecule has 2 atom stereocenters. The predicted octanol–water partition coefficient (Wildman–Crippen LogP) is 2.55. The lowest BCUT2D eigenvalue weighted by Crippen LogP contribution is -2.39. The number of nitrogens with one attached hydrogen (secondary N) is 1. The van der Waals surface area contributed by atoms with E-state index in [1.54, 1.807) is 0 Å². The molecule has 0 bridgehead atoms. The molecule has 3 nitrogen and oxygen atoms in total. The van der Waals surface area contributed by atoms with E-state index in [-0.39, 0.29) is 0 Å². The van der Waals surface area contributed by atoms with E-state index in [0.29, 0.717) is 12.0 Å². The van der Waals surface area contributed by atoms with Gasteiger partial charge in [-0.2, -0.15) is 0 Å². The zero-order valence-electron chi connectivity index (χ0n) is 11.0. The predicted molar refractivity (Wildman–Crippen MR) is 75.9 cm³/mol. The van der Waals surface area contributed by atoms with E-state index >= 15 is 0 Å². The number of aromatic nitrogens is 2. The minimum Gasteiger partial charge on any atom is -0.314 e. The highest BCUT2D eigenvalue weighted by Gasteiger charge is 2.24. The van der Waals surface area contributed by atoms with Gasteiger partial charge in [0, 0.05) is 24.4 Å². The molecule has 0 saturated carbocycles. The van der Waals surface area contributed by atoms with Crippen LogP contribution in [0, 0.1) is 0 Å². The molecular formula is C16H19N3. The van der Waals surface area contributed by atoms with Gasteiger partial charge in [-0.25, -0.2) is 9.97 Å². The monoisotopic (exact) mass is 253 g/mol. The first-order valence-corrected chi connectivity index (χ1v) is 6.96. The van der Waals surface area contributed by atoms with Gasteiger partial charge in [0.1, 0.15) is 5.82 Å². The molecule has 1 aromatic carbocycles. The molecule has 0 spiro atoms. The Morgan fingerprint density at radius 1 is 1.05 bits per heavy atom. The van der Waals surface area contributed by atoms with Gasteiger partial charge in [0.05, 0.1) is 0 Å². The second-order valence-electron chi connectivity index (χ2n) is 5.17. The Bertz CT molecular complexity index is 498. The fourth-order valence-corrected chi connectivity index (χ4v) is 2.82. The summed E-state index contributed by atoms with van der Waals surface area (Å²) in [5.74, 6) is 1.50. The van der Waals surface area contributed by atoms with Crippen LogP contribution in [0.25, 0.3) is 0 Å². The van der Waals surface area contributed by atoms with Gasteiger partial charge < -0.3 is 5.32 Å². The van der Waals surface area contributed by atoms with E-state index in [0.717, 1.165) is 31.6 Å². The topological polar surface area (TPSA) is 37.8 Å². The molecule has 1 fully saturated rings. The molecule has 2 aromatic rings. The van der Waals surface area contributed by atoms with E-state index in [4.69, 9.17) is 0 Å². The zero-order valence-corrected chi connectivity index (χ0v) is 11.0. The van der Waals surface area contributed by atoms with Crippen molar-refractivity contribution >= 4 is 0 Å². The van der Waals surface area contributed by atoms with Crippen molar-refractivity contribution in [3.8, 4) is 0 Å². The van der Waals surface area contributed by atoms with Crippen molar-refractivity contribution in [2.45, 2.75) is 31.2 Å². The van der Waals surface area contributed by atoms with Crippen LogP contribution in [0.1, 0.15) is 30.1 Å². The second-order valence-corrected chi connectivity index (χ2v) is 5.17. The molecule has 0 amide bonds. The third-order valence-corrected chi connectivity index (χ3v) is 3.77. The average Bonchev–Trinajstić information content (AvgIpc) is 2.49. The second kappa shape index (κ2) is 5.93. The van der Waals surface area contributed by atoms with Gasteiger partial charge in [0.15, 0.2) is 0 Å². The van der Waals surface area contributed by atoms with Crippen LogP contribution in [0.2, 0.25) is 0 Å². The van der Waals surface area contributed by atoms with Gasteiger partial charge in [-0.3, -0.25) is 0 Å². The van der Waals surface area contributed by atoms with Crippen LogP contribution >= 0.6 is 0 Å². The summed E-state index contributed by atoms with van der Waals surface area (Å²) in [6, 6.07) is 13.1. The summed E-state index contributed by atoms with van der Waals surface area (Å²) in [4.78, 5) is 8.81. The molecule has 1 N–H and O–H groups in total. The highest BCUT2D eigenvalue weighted by molar-refractivity contribution is 5.16.